The van der Waals surface area contributed by atoms with Gasteiger partial charge in [-0.05, 0) is 49.4 Å². The molecule has 19 heavy (non-hydrogen) atoms. The van der Waals surface area contributed by atoms with Gasteiger partial charge >= 0.3 is 0 Å². The second kappa shape index (κ2) is 6.09. The van der Waals surface area contributed by atoms with Crippen molar-refractivity contribution in [3.8, 4) is 0 Å². The van der Waals surface area contributed by atoms with E-state index >= 15 is 0 Å². The molecule has 0 heterocycles. The second-order valence-corrected chi connectivity index (χ2v) is 5.46. The number of carbonyl (C=O) groups is 1. The SMILES string of the molecule is CCC1CCCC1Nc1ccc(C(=O)NC)cc1C. The Bertz CT molecular complexity index is 456. The van der Waals surface area contributed by atoms with Crippen molar-refractivity contribution in [1.82, 2.24) is 5.32 Å². The molecule has 0 radical (unpaired) electrons. The van der Waals surface area contributed by atoms with E-state index in [0.717, 1.165) is 22.7 Å². The van der Waals surface area contributed by atoms with Crippen molar-refractivity contribution in [1.29, 1.82) is 0 Å². The molecule has 2 atom stereocenters. The number of carbonyl (C=O) groups excluding carboxylic acids is 1. The first-order valence-electron chi connectivity index (χ1n) is 7.25. The fraction of sp³-hybridized carbons (Fsp3) is 0.562. The Morgan fingerprint density at radius 2 is 2.16 bits per heavy atom. The summed E-state index contributed by atoms with van der Waals surface area (Å²) in [5, 5.41) is 6.32. The van der Waals surface area contributed by atoms with Gasteiger partial charge in [0, 0.05) is 24.3 Å². The van der Waals surface area contributed by atoms with Gasteiger partial charge in [0.1, 0.15) is 0 Å². The van der Waals surface area contributed by atoms with Crippen LogP contribution in [-0.4, -0.2) is 19.0 Å². The zero-order valence-corrected chi connectivity index (χ0v) is 12.1. The van der Waals surface area contributed by atoms with Crippen molar-refractivity contribution in [2.45, 2.75) is 45.6 Å². The second-order valence-electron chi connectivity index (χ2n) is 5.46. The minimum atomic E-state index is -0.0260. The highest BCUT2D eigenvalue weighted by Crippen LogP contribution is 2.31. The molecule has 104 valence electrons. The topological polar surface area (TPSA) is 41.1 Å². The van der Waals surface area contributed by atoms with E-state index in [1.54, 1.807) is 7.05 Å². The van der Waals surface area contributed by atoms with E-state index in [1.807, 2.05) is 18.2 Å². The first-order chi connectivity index (χ1) is 9.15. The van der Waals surface area contributed by atoms with Gasteiger partial charge in [0.05, 0.1) is 0 Å². The summed E-state index contributed by atoms with van der Waals surface area (Å²) in [6.07, 6.45) is 5.16. The van der Waals surface area contributed by atoms with Crippen molar-refractivity contribution < 1.29 is 4.79 Å². The molecule has 0 saturated heterocycles. The zero-order chi connectivity index (χ0) is 13.8. The van der Waals surface area contributed by atoms with E-state index in [0.29, 0.717) is 6.04 Å². The van der Waals surface area contributed by atoms with Crippen LogP contribution in [0.2, 0.25) is 0 Å². The van der Waals surface area contributed by atoms with Crippen LogP contribution in [0.1, 0.15) is 48.5 Å². The van der Waals surface area contributed by atoms with Gasteiger partial charge < -0.3 is 10.6 Å². The Balaban J connectivity index is 2.11. The summed E-state index contributed by atoms with van der Waals surface area (Å²) in [7, 11) is 1.66. The number of nitrogens with one attached hydrogen (secondary N) is 2. The summed E-state index contributed by atoms with van der Waals surface area (Å²) in [4.78, 5) is 11.6. The highest BCUT2D eigenvalue weighted by atomic mass is 16.1. The Kier molecular flexibility index (Phi) is 4.46. The lowest BCUT2D eigenvalue weighted by molar-refractivity contribution is 0.0963. The van der Waals surface area contributed by atoms with Gasteiger partial charge in [-0.1, -0.05) is 19.8 Å². The van der Waals surface area contributed by atoms with Crippen LogP contribution in [0.3, 0.4) is 0 Å². The van der Waals surface area contributed by atoms with Crippen LogP contribution in [0, 0.1) is 12.8 Å². The zero-order valence-electron chi connectivity index (χ0n) is 12.1. The minimum absolute atomic E-state index is 0.0260. The minimum Gasteiger partial charge on any atom is -0.382 e. The summed E-state index contributed by atoms with van der Waals surface area (Å²) in [5.74, 6) is 0.764. The maximum absolute atomic E-state index is 11.6. The highest BCUT2D eigenvalue weighted by molar-refractivity contribution is 5.94. The first-order valence-corrected chi connectivity index (χ1v) is 7.25. The molecule has 1 aromatic carbocycles. The van der Waals surface area contributed by atoms with Gasteiger partial charge in [-0.25, -0.2) is 0 Å². The molecule has 0 bridgehead atoms. The van der Waals surface area contributed by atoms with E-state index in [1.165, 1.54) is 25.7 Å². The standard InChI is InChI=1S/C16H24N2O/c1-4-12-6-5-7-15(12)18-14-9-8-13(10-11(14)2)16(19)17-3/h8-10,12,15,18H,4-7H2,1-3H3,(H,17,19). The van der Waals surface area contributed by atoms with Gasteiger partial charge in [-0.3, -0.25) is 4.79 Å². The molecule has 1 fully saturated rings. The molecule has 3 nitrogen and oxygen atoms in total. The fourth-order valence-corrected chi connectivity index (χ4v) is 3.03. The molecule has 1 aliphatic rings. The number of aryl methyl sites for hydroxylation is 1. The lowest BCUT2D eigenvalue weighted by atomic mass is 9.99. The number of benzene rings is 1. The van der Waals surface area contributed by atoms with Crippen molar-refractivity contribution in [3.63, 3.8) is 0 Å². The van der Waals surface area contributed by atoms with Gasteiger partial charge in [0.15, 0.2) is 0 Å². The fourth-order valence-electron chi connectivity index (χ4n) is 3.03. The quantitative estimate of drug-likeness (QED) is 0.871. The highest BCUT2D eigenvalue weighted by Gasteiger charge is 2.25. The molecule has 2 rings (SSSR count). The van der Waals surface area contributed by atoms with Crippen LogP contribution in [-0.2, 0) is 0 Å². The third kappa shape index (κ3) is 3.09. The molecule has 3 heteroatoms. The predicted molar refractivity (Wildman–Crippen MR) is 79.6 cm³/mol. The largest absolute Gasteiger partial charge is 0.382 e. The lowest BCUT2D eigenvalue weighted by Crippen LogP contribution is -2.24. The third-order valence-electron chi connectivity index (χ3n) is 4.24. The van der Waals surface area contributed by atoms with Crippen molar-refractivity contribution in [2.75, 3.05) is 12.4 Å². The molecular formula is C16H24N2O. The Morgan fingerprint density at radius 3 is 2.79 bits per heavy atom. The van der Waals surface area contributed by atoms with Crippen LogP contribution in [0.25, 0.3) is 0 Å². The number of hydrogen-bond acceptors (Lipinski definition) is 2. The summed E-state index contributed by atoms with van der Waals surface area (Å²) in [6.45, 7) is 4.33. The average Bonchev–Trinajstić information content (AvgIpc) is 2.87. The maximum Gasteiger partial charge on any atom is 0.251 e. The molecule has 1 aromatic rings. The normalized spacial score (nSPS) is 22.3. The van der Waals surface area contributed by atoms with Gasteiger partial charge in [-0.2, -0.15) is 0 Å². The molecule has 2 N–H and O–H groups in total. The van der Waals surface area contributed by atoms with Crippen molar-refractivity contribution >= 4 is 11.6 Å². The van der Waals surface area contributed by atoms with E-state index in [4.69, 9.17) is 0 Å². The van der Waals surface area contributed by atoms with E-state index in [9.17, 15) is 4.79 Å². The first kappa shape index (κ1) is 13.9. The van der Waals surface area contributed by atoms with E-state index in [-0.39, 0.29) is 5.91 Å². The molecular weight excluding hydrogens is 236 g/mol. The van der Waals surface area contributed by atoms with Gasteiger partial charge in [-0.15, -0.1) is 0 Å². The predicted octanol–water partition coefficient (Wildman–Crippen LogP) is 3.35. The maximum atomic E-state index is 11.6. The van der Waals surface area contributed by atoms with Crippen molar-refractivity contribution in [3.05, 3.63) is 29.3 Å². The smallest absolute Gasteiger partial charge is 0.251 e. The third-order valence-corrected chi connectivity index (χ3v) is 4.24. The number of rotatable bonds is 4. The molecule has 0 aliphatic heterocycles. The Hall–Kier alpha value is -1.51. The monoisotopic (exact) mass is 260 g/mol. The van der Waals surface area contributed by atoms with Gasteiger partial charge in [0.25, 0.3) is 5.91 Å². The van der Waals surface area contributed by atoms with Crippen LogP contribution >= 0.6 is 0 Å². The van der Waals surface area contributed by atoms with Crippen molar-refractivity contribution in [2.24, 2.45) is 5.92 Å². The number of anilines is 1. The van der Waals surface area contributed by atoms with E-state index in [2.05, 4.69) is 24.5 Å². The lowest BCUT2D eigenvalue weighted by Gasteiger charge is -2.22. The van der Waals surface area contributed by atoms with E-state index < -0.39 is 0 Å². The molecule has 1 saturated carbocycles. The summed E-state index contributed by atoms with van der Waals surface area (Å²) >= 11 is 0. The summed E-state index contributed by atoms with van der Waals surface area (Å²) in [5.41, 5.74) is 3.03. The summed E-state index contributed by atoms with van der Waals surface area (Å²) in [6, 6.07) is 6.47. The number of hydrogen-bond donors (Lipinski definition) is 2. The Morgan fingerprint density at radius 1 is 1.37 bits per heavy atom. The molecule has 2 unspecified atom stereocenters. The molecule has 0 aromatic heterocycles. The van der Waals surface area contributed by atoms with Crippen LogP contribution in [0.5, 0.6) is 0 Å². The van der Waals surface area contributed by atoms with Gasteiger partial charge in [0.2, 0.25) is 0 Å². The Labute approximate surface area is 115 Å². The van der Waals surface area contributed by atoms with Crippen LogP contribution in [0.4, 0.5) is 5.69 Å². The molecule has 0 spiro atoms. The average molecular weight is 260 g/mol. The van der Waals surface area contributed by atoms with Crippen LogP contribution < -0.4 is 10.6 Å². The summed E-state index contributed by atoms with van der Waals surface area (Å²) < 4.78 is 0. The molecule has 1 aliphatic carbocycles. The number of amides is 1. The van der Waals surface area contributed by atoms with Crippen LogP contribution in [0.15, 0.2) is 18.2 Å². The molecule has 1 amide bonds.